The molecular weight excluding hydrogens is 530 g/mol. The van der Waals surface area contributed by atoms with Crippen LogP contribution in [0.4, 0.5) is 0 Å². The van der Waals surface area contributed by atoms with Crippen LogP contribution in [0.2, 0.25) is 0 Å². The molecule has 1 aromatic heterocycles. The highest BCUT2D eigenvalue weighted by molar-refractivity contribution is 6.00. The Hall–Kier alpha value is -5.04. The van der Waals surface area contributed by atoms with Gasteiger partial charge in [-0.1, -0.05) is 84.9 Å². The number of carbonyl (C=O) groups excluding carboxylic acids is 1. The van der Waals surface area contributed by atoms with E-state index in [-0.39, 0.29) is 34.7 Å². The van der Waals surface area contributed by atoms with Crippen molar-refractivity contribution in [1.82, 2.24) is 0 Å². The van der Waals surface area contributed by atoms with Crippen molar-refractivity contribution in [3.8, 4) is 5.75 Å². The molecule has 0 saturated heterocycles. The molecule has 7 rings (SSSR count). The van der Waals surface area contributed by atoms with Gasteiger partial charge in [0, 0.05) is 17.4 Å². The summed E-state index contributed by atoms with van der Waals surface area (Å²) in [5.41, 5.74) is 0.900. The number of nitro groups is 1. The average molecular weight is 558 g/mol. The van der Waals surface area contributed by atoms with E-state index in [9.17, 15) is 19.7 Å². The Morgan fingerprint density at radius 3 is 2.17 bits per heavy atom. The summed E-state index contributed by atoms with van der Waals surface area (Å²) in [5, 5.41) is 13.5. The molecule has 0 N–H and O–H groups in total. The van der Waals surface area contributed by atoms with Crippen LogP contribution < -0.4 is 10.2 Å². The van der Waals surface area contributed by atoms with Gasteiger partial charge in [-0.15, -0.1) is 0 Å². The van der Waals surface area contributed by atoms with Gasteiger partial charge in [0.25, 0.3) is 0 Å². The van der Waals surface area contributed by atoms with E-state index in [1.165, 1.54) is 6.07 Å². The number of hydrogen-bond acceptors (Lipinski definition) is 6. The fourth-order valence-corrected chi connectivity index (χ4v) is 7.16. The van der Waals surface area contributed by atoms with E-state index in [0.717, 1.165) is 11.1 Å². The number of benzene rings is 4. The first-order valence-corrected chi connectivity index (χ1v) is 14.0. The van der Waals surface area contributed by atoms with Crippen molar-refractivity contribution in [3.63, 3.8) is 0 Å². The first kappa shape index (κ1) is 25.9. The Kier molecular flexibility index (Phi) is 6.23. The van der Waals surface area contributed by atoms with Gasteiger partial charge >= 0.3 is 0 Å². The number of para-hydroxylation sites is 2. The Morgan fingerprint density at radius 2 is 1.43 bits per heavy atom. The lowest BCUT2D eigenvalue weighted by Crippen LogP contribution is -2.58. The second-order valence-corrected chi connectivity index (χ2v) is 11.2. The Morgan fingerprint density at radius 1 is 0.786 bits per heavy atom. The van der Waals surface area contributed by atoms with Gasteiger partial charge in [-0.05, 0) is 35.4 Å². The highest BCUT2D eigenvalue weighted by atomic mass is 16.6. The third-order valence-electron chi connectivity index (χ3n) is 8.85. The van der Waals surface area contributed by atoms with Crippen LogP contribution in [0.15, 0.2) is 124 Å². The molecule has 1 spiro atoms. The summed E-state index contributed by atoms with van der Waals surface area (Å²) in [6.45, 7) is 0. The molecule has 208 valence electrons. The highest BCUT2D eigenvalue weighted by Crippen LogP contribution is 2.59. The molecule has 1 fully saturated rings. The second-order valence-electron chi connectivity index (χ2n) is 11.2. The quantitative estimate of drug-likeness (QED) is 0.176. The van der Waals surface area contributed by atoms with E-state index in [1.54, 1.807) is 42.5 Å². The van der Waals surface area contributed by atoms with Crippen LogP contribution in [0.1, 0.15) is 57.8 Å². The van der Waals surface area contributed by atoms with E-state index in [4.69, 9.17) is 9.15 Å². The van der Waals surface area contributed by atoms with E-state index in [0.29, 0.717) is 22.3 Å². The van der Waals surface area contributed by atoms with Crippen molar-refractivity contribution < 1.29 is 18.9 Å². The number of ether oxygens (including phenoxy) is 1. The maximum absolute atomic E-state index is 13.8. The molecule has 2 aliphatic rings. The molecular formula is C35H27NO6. The maximum Gasteiger partial charge on any atom is 0.227 e. The van der Waals surface area contributed by atoms with Gasteiger partial charge in [0.1, 0.15) is 22.7 Å². The van der Waals surface area contributed by atoms with Crippen LogP contribution in [0, 0.1) is 10.1 Å². The van der Waals surface area contributed by atoms with Gasteiger partial charge in [-0.25, -0.2) is 0 Å². The molecule has 5 aromatic rings. The summed E-state index contributed by atoms with van der Waals surface area (Å²) in [6.07, 6.45) is 0.176. The van der Waals surface area contributed by atoms with Crippen LogP contribution in [0.25, 0.3) is 11.0 Å². The molecule has 5 unspecified atom stereocenters. The molecule has 0 amide bonds. The van der Waals surface area contributed by atoms with Crippen molar-refractivity contribution in [2.75, 3.05) is 0 Å². The second kappa shape index (κ2) is 10.1. The molecule has 0 bridgehead atoms. The van der Waals surface area contributed by atoms with Crippen molar-refractivity contribution in [2.24, 2.45) is 0 Å². The molecule has 1 aliphatic carbocycles. The number of Topliss-reactive ketones (excluding diaryl/α,β-unsaturated/α-hetero) is 1. The lowest BCUT2D eigenvalue weighted by molar-refractivity contribution is -0.537. The Bertz CT molecular complexity index is 1870. The number of carbonyl (C=O) groups is 1. The molecule has 42 heavy (non-hydrogen) atoms. The molecule has 1 aliphatic heterocycles. The summed E-state index contributed by atoms with van der Waals surface area (Å²) in [5.74, 6) is -1.57. The summed E-state index contributed by atoms with van der Waals surface area (Å²) >= 11 is 0. The van der Waals surface area contributed by atoms with E-state index < -0.39 is 29.4 Å². The third kappa shape index (κ3) is 4.20. The molecule has 7 heteroatoms. The molecule has 5 atom stereocenters. The van der Waals surface area contributed by atoms with Crippen molar-refractivity contribution in [1.29, 1.82) is 0 Å². The minimum Gasteiger partial charge on any atom is -0.485 e. The van der Waals surface area contributed by atoms with Gasteiger partial charge < -0.3 is 9.15 Å². The predicted octanol–water partition coefficient (Wildman–Crippen LogP) is 6.90. The molecule has 2 heterocycles. The van der Waals surface area contributed by atoms with Gasteiger partial charge in [-0.2, -0.15) is 0 Å². The lowest BCUT2D eigenvalue weighted by Gasteiger charge is -2.52. The van der Waals surface area contributed by atoms with Gasteiger partial charge in [0.2, 0.25) is 6.04 Å². The smallest absolute Gasteiger partial charge is 0.227 e. The standard InChI is InChI=1S/C35H27NO6/c37-27-19-31(41-29-17-9-7-15-24(27)29)33-32(23-13-5-2-6-14-23)34(36(39)40)26(22-11-3-1-4-12-22)20-35(33)21-28(38)25-16-8-10-18-30(25)42-35/h1-19,26,32-34H,20-21H2. The van der Waals surface area contributed by atoms with Gasteiger partial charge in [0.05, 0.1) is 35.1 Å². The van der Waals surface area contributed by atoms with Crippen molar-refractivity contribution >= 4 is 16.8 Å². The summed E-state index contributed by atoms with van der Waals surface area (Å²) in [7, 11) is 0. The average Bonchev–Trinajstić information content (AvgIpc) is 3.01. The Labute approximate surface area is 241 Å². The van der Waals surface area contributed by atoms with Gasteiger partial charge in [0.15, 0.2) is 11.2 Å². The first-order valence-electron chi connectivity index (χ1n) is 14.0. The largest absolute Gasteiger partial charge is 0.485 e. The lowest BCUT2D eigenvalue weighted by atomic mass is 9.56. The fraction of sp³-hybridized carbons (Fsp3) is 0.200. The van der Waals surface area contributed by atoms with Crippen LogP contribution in [-0.2, 0) is 0 Å². The summed E-state index contributed by atoms with van der Waals surface area (Å²) < 4.78 is 13.3. The number of nitrogens with zero attached hydrogens (tertiary/aromatic N) is 1. The topological polar surface area (TPSA) is 99.7 Å². The van der Waals surface area contributed by atoms with Crippen LogP contribution in [-0.4, -0.2) is 22.3 Å². The van der Waals surface area contributed by atoms with E-state index in [1.807, 2.05) is 66.7 Å². The van der Waals surface area contributed by atoms with Crippen LogP contribution in [0.5, 0.6) is 5.75 Å². The molecule has 7 nitrogen and oxygen atoms in total. The maximum atomic E-state index is 13.8. The number of ketones is 1. The predicted molar refractivity (Wildman–Crippen MR) is 158 cm³/mol. The SMILES string of the molecule is O=C1CC2(CC(c3ccccc3)C([N+](=O)[O-])C(c3ccccc3)C2c2cc(=O)c3ccccc3o2)Oc2ccccc21. The van der Waals surface area contributed by atoms with Crippen LogP contribution >= 0.6 is 0 Å². The van der Waals surface area contributed by atoms with Gasteiger partial charge in [-0.3, -0.25) is 19.7 Å². The number of rotatable bonds is 4. The number of hydrogen-bond donors (Lipinski definition) is 0. The van der Waals surface area contributed by atoms with Crippen molar-refractivity contribution in [3.05, 3.63) is 158 Å². The highest BCUT2D eigenvalue weighted by Gasteiger charge is 2.63. The zero-order valence-corrected chi connectivity index (χ0v) is 22.6. The molecule has 0 radical (unpaired) electrons. The Balaban J connectivity index is 1.54. The summed E-state index contributed by atoms with van der Waals surface area (Å²) in [6, 6.07) is 33.1. The monoisotopic (exact) mass is 557 g/mol. The zero-order chi connectivity index (χ0) is 28.8. The first-order chi connectivity index (χ1) is 20.4. The zero-order valence-electron chi connectivity index (χ0n) is 22.6. The minimum atomic E-state index is -1.22. The molecule has 1 saturated carbocycles. The van der Waals surface area contributed by atoms with Crippen molar-refractivity contribution in [2.45, 2.75) is 42.2 Å². The number of fused-ring (bicyclic) bond motifs is 2. The molecule has 4 aromatic carbocycles. The third-order valence-corrected chi connectivity index (χ3v) is 8.85. The van der Waals surface area contributed by atoms with Crippen LogP contribution in [0.3, 0.4) is 0 Å². The van der Waals surface area contributed by atoms with E-state index >= 15 is 0 Å². The normalized spacial score (nSPS) is 25.1. The van der Waals surface area contributed by atoms with E-state index in [2.05, 4.69) is 0 Å². The summed E-state index contributed by atoms with van der Waals surface area (Å²) in [4.78, 5) is 40.1. The fourth-order valence-electron chi connectivity index (χ4n) is 7.16. The minimum absolute atomic E-state index is 0.0116.